The molecule has 0 unspecified atom stereocenters. The van der Waals surface area contributed by atoms with Gasteiger partial charge in [-0.1, -0.05) is 19.9 Å². The quantitative estimate of drug-likeness (QED) is 0.687. The number of carboxylic acids is 1. The molecule has 0 heterocycles. The first-order valence-electron chi connectivity index (χ1n) is 8.83. The Labute approximate surface area is 162 Å². The van der Waals surface area contributed by atoms with Crippen LogP contribution in [0.4, 0.5) is 15.8 Å². The first-order chi connectivity index (χ1) is 13.1. The molecule has 7 heteroatoms. The number of rotatable bonds is 6. The van der Waals surface area contributed by atoms with Crippen LogP contribution in [0.25, 0.3) is 0 Å². The van der Waals surface area contributed by atoms with Crippen molar-refractivity contribution in [2.24, 2.45) is 5.92 Å². The number of aromatic carboxylic acids is 1. The molecular weight excluding hydrogens is 363 g/mol. The van der Waals surface area contributed by atoms with Gasteiger partial charge in [0.1, 0.15) is 5.82 Å². The van der Waals surface area contributed by atoms with E-state index in [1.165, 1.54) is 18.2 Å². The number of halogens is 1. The van der Waals surface area contributed by atoms with E-state index in [0.29, 0.717) is 16.8 Å². The van der Waals surface area contributed by atoms with E-state index in [-0.39, 0.29) is 35.1 Å². The summed E-state index contributed by atoms with van der Waals surface area (Å²) < 4.78 is 14.3. The Balaban J connectivity index is 2.19. The molecule has 0 saturated carbocycles. The average Bonchev–Trinajstić information content (AvgIpc) is 2.57. The van der Waals surface area contributed by atoms with Gasteiger partial charge in [-0.2, -0.15) is 0 Å². The van der Waals surface area contributed by atoms with Gasteiger partial charge in [-0.15, -0.1) is 0 Å². The monoisotopic (exact) mass is 386 g/mol. The predicted octanol–water partition coefficient (Wildman–Crippen LogP) is 4.38. The fraction of sp³-hybridized carbons (Fsp3) is 0.286. The number of benzene rings is 2. The van der Waals surface area contributed by atoms with Gasteiger partial charge in [0.25, 0.3) is 5.91 Å². The normalized spacial score (nSPS) is 10.6. The molecule has 0 fully saturated rings. The van der Waals surface area contributed by atoms with E-state index in [4.69, 9.17) is 0 Å². The molecule has 0 aliphatic carbocycles. The number of carbonyl (C=O) groups is 3. The third-order valence-corrected chi connectivity index (χ3v) is 4.15. The SMILES string of the molecule is Cc1cc(C)c(C(=O)O)cc1NC(=O)c1ccc(NC(=O)CC(C)C)c(F)c1. The Morgan fingerprint density at radius 1 is 1.00 bits per heavy atom. The molecule has 0 saturated heterocycles. The molecule has 0 bridgehead atoms. The Morgan fingerprint density at radius 2 is 1.68 bits per heavy atom. The Bertz CT molecular complexity index is 938. The van der Waals surface area contributed by atoms with Crippen molar-refractivity contribution in [3.63, 3.8) is 0 Å². The maximum Gasteiger partial charge on any atom is 0.336 e. The summed E-state index contributed by atoms with van der Waals surface area (Å²) in [6.45, 7) is 7.17. The minimum absolute atomic E-state index is 0.00174. The highest BCUT2D eigenvalue weighted by Gasteiger charge is 2.15. The zero-order valence-corrected chi connectivity index (χ0v) is 16.2. The van der Waals surface area contributed by atoms with Gasteiger partial charge in [0, 0.05) is 17.7 Å². The molecule has 148 valence electrons. The fourth-order valence-corrected chi connectivity index (χ4v) is 2.74. The van der Waals surface area contributed by atoms with E-state index < -0.39 is 17.7 Å². The molecular formula is C21H23FN2O4. The van der Waals surface area contributed by atoms with E-state index in [2.05, 4.69) is 10.6 Å². The van der Waals surface area contributed by atoms with Crippen molar-refractivity contribution in [2.75, 3.05) is 10.6 Å². The second kappa shape index (κ2) is 8.65. The number of anilines is 2. The lowest BCUT2D eigenvalue weighted by molar-refractivity contribution is -0.116. The molecule has 3 N–H and O–H groups in total. The fourth-order valence-electron chi connectivity index (χ4n) is 2.74. The van der Waals surface area contributed by atoms with E-state index in [1.807, 2.05) is 13.8 Å². The number of amides is 2. The van der Waals surface area contributed by atoms with Crippen LogP contribution in [-0.4, -0.2) is 22.9 Å². The Morgan fingerprint density at radius 3 is 2.25 bits per heavy atom. The van der Waals surface area contributed by atoms with Gasteiger partial charge >= 0.3 is 5.97 Å². The van der Waals surface area contributed by atoms with Gasteiger partial charge in [-0.05, 0) is 55.2 Å². The minimum Gasteiger partial charge on any atom is -0.478 e. The highest BCUT2D eigenvalue weighted by molar-refractivity contribution is 6.05. The Kier molecular flexibility index (Phi) is 6.51. The van der Waals surface area contributed by atoms with Crippen molar-refractivity contribution >= 4 is 29.2 Å². The smallest absolute Gasteiger partial charge is 0.336 e. The number of carboxylic acid groups (broad SMARTS) is 1. The minimum atomic E-state index is -1.10. The van der Waals surface area contributed by atoms with Crippen molar-refractivity contribution < 1.29 is 23.9 Å². The highest BCUT2D eigenvalue weighted by atomic mass is 19.1. The summed E-state index contributed by atoms with van der Waals surface area (Å²) in [4.78, 5) is 35.5. The van der Waals surface area contributed by atoms with Gasteiger partial charge in [0.15, 0.2) is 0 Å². The van der Waals surface area contributed by atoms with E-state index >= 15 is 0 Å². The van der Waals surface area contributed by atoms with Crippen molar-refractivity contribution in [3.05, 3.63) is 58.4 Å². The zero-order chi connectivity index (χ0) is 21.0. The first kappa shape index (κ1) is 21.1. The number of carbonyl (C=O) groups excluding carboxylic acids is 2. The maximum atomic E-state index is 14.3. The topological polar surface area (TPSA) is 95.5 Å². The van der Waals surface area contributed by atoms with Crippen LogP contribution in [-0.2, 0) is 4.79 Å². The third kappa shape index (κ3) is 5.16. The van der Waals surface area contributed by atoms with Gasteiger partial charge in [-0.3, -0.25) is 9.59 Å². The van der Waals surface area contributed by atoms with E-state index in [1.54, 1.807) is 19.9 Å². The number of nitrogens with one attached hydrogen (secondary N) is 2. The summed E-state index contributed by atoms with van der Waals surface area (Å²) in [5.74, 6) is -2.57. The summed E-state index contributed by atoms with van der Waals surface area (Å²) in [6, 6.07) is 6.79. The number of aryl methyl sites for hydroxylation is 2. The lowest BCUT2D eigenvalue weighted by Crippen LogP contribution is -2.16. The van der Waals surface area contributed by atoms with E-state index in [9.17, 15) is 23.9 Å². The van der Waals surface area contributed by atoms with Gasteiger partial charge in [0.05, 0.1) is 11.3 Å². The van der Waals surface area contributed by atoms with Crippen LogP contribution >= 0.6 is 0 Å². The number of hydrogen-bond acceptors (Lipinski definition) is 3. The second-order valence-corrected chi connectivity index (χ2v) is 7.08. The van der Waals surface area contributed by atoms with Crippen LogP contribution in [0.5, 0.6) is 0 Å². The van der Waals surface area contributed by atoms with Crippen LogP contribution in [0.1, 0.15) is 52.1 Å². The Hall–Kier alpha value is -3.22. The molecule has 28 heavy (non-hydrogen) atoms. The number of hydrogen-bond donors (Lipinski definition) is 3. The zero-order valence-electron chi connectivity index (χ0n) is 16.2. The van der Waals surface area contributed by atoms with Crippen molar-refractivity contribution in [1.29, 1.82) is 0 Å². The average molecular weight is 386 g/mol. The largest absolute Gasteiger partial charge is 0.478 e. The molecule has 6 nitrogen and oxygen atoms in total. The molecule has 0 radical (unpaired) electrons. The summed E-state index contributed by atoms with van der Waals surface area (Å²) in [5.41, 5.74) is 1.74. The molecule has 0 aromatic heterocycles. The molecule has 0 spiro atoms. The first-order valence-corrected chi connectivity index (χ1v) is 8.83. The van der Waals surface area contributed by atoms with Crippen LogP contribution < -0.4 is 10.6 Å². The van der Waals surface area contributed by atoms with Gasteiger partial charge < -0.3 is 15.7 Å². The highest BCUT2D eigenvalue weighted by Crippen LogP contribution is 2.23. The van der Waals surface area contributed by atoms with Crippen LogP contribution in [0.3, 0.4) is 0 Å². The van der Waals surface area contributed by atoms with Crippen molar-refractivity contribution in [1.82, 2.24) is 0 Å². The van der Waals surface area contributed by atoms with E-state index in [0.717, 1.165) is 6.07 Å². The van der Waals surface area contributed by atoms with Crippen LogP contribution in [0.15, 0.2) is 30.3 Å². The molecule has 0 aliphatic heterocycles. The predicted molar refractivity (Wildman–Crippen MR) is 105 cm³/mol. The van der Waals surface area contributed by atoms with Gasteiger partial charge in [0.2, 0.25) is 5.91 Å². The summed E-state index contributed by atoms with van der Waals surface area (Å²) >= 11 is 0. The molecule has 2 rings (SSSR count). The molecule has 0 aliphatic rings. The second-order valence-electron chi connectivity index (χ2n) is 7.08. The van der Waals surface area contributed by atoms with Gasteiger partial charge in [-0.25, -0.2) is 9.18 Å². The van der Waals surface area contributed by atoms with Crippen LogP contribution in [0, 0.1) is 25.6 Å². The maximum absolute atomic E-state index is 14.3. The molecule has 0 atom stereocenters. The summed E-state index contributed by atoms with van der Waals surface area (Å²) in [5, 5.41) is 14.3. The van der Waals surface area contributed by atoms with Crippen molar-refractivity contribution in [3.8, 4) is 0 Å². The third-order valence-electron chi connectivity index (χ3n) is 4.15. The molecule has 2 aromatic carbocycles. The lowest BCUT2D eigenvalue weighted by Gasteiger charge is -2.12. The lowest BCUT2D eigenvalue weighted by atomic mass is 10.0. The summed E-state index contributed by atoms with van der Waals surface area (Å²) in [7, 11) is 0. The molecule has 2 amide bonds. The van der Waals surface area contributed by atoms with Crippen molar-refractivity contribution in [2.45, 2.75) is 34.1 Å². The summed E-state index contributed by atoms with van der Waals surface area (Å²) in [6.07, 6.45) is 0.264. The van der Waals surface area contributed by atoms with Crippen LogP contribution in [0.2, 0.25) is 0 Å². The standard InChI is InChI=1S/C21H23FN2O4/c1-11(2)7-19(25)23-17-6-5-14(9-16(17)22)20(26)24-18-10-15(21(27)28)12(3)8-13(18)4/h5-6,8-11H,7H2,1-4H3,(H,23,25)(H,24,26)(H,27,28). The molecule has 2 aromatic rings.